The Bertz CT molecular complexity index is 960. The second-order valence-electron chi connectivity index (χ2n) is 6.59. The fraction of sp³-hybridized carbons (Fsp3) is 0.200. The molecule has 4 rings (SSSR count). The summed E-state index contributed by atoms with van der Waals surface area (Å²) in [6.07, 6.45) is 2.78. The van der Waals surface area contributed by atoms with Crippen molar-refractivity contribution in [2.75, 3.05) is 10.6 Å². The Morgan fingerprint density at radius 3 is 2.68 bits per heavy atom. The summed E-state index contributed by atoms with van der Waals surface area (Å²) in [6.45, 7) is 2.07. The lowest BCUT2D eigenvalue weighted by Crippen LogP contribution is -2.16. The standard InChI is InChI=1S/C20H19N3O2/c1-12-10-16(12)20(25)22-14-5-2-4-13(11-14)19(24)23-18-7-3-6-17-15(18)8-9-21-17/h2-9,11-12,16,21H,10H2,1H3,(H,22,25)(H,23,24)/t12-,16-/m0/s1. The van der Waals surface area contributed by atoms with Crippen LogP contribution in [0.2, 0.25) is 0 Å². The van der Waals surface area contributed by atoms with Crippen LogP contribution in [-0.4, -0.2) is 16.8 Å². The van der Waals surface area contributed by atoms with Crippen molar-refractivity contribution in [1.29, 1.82) is 0 Å². The lowest BCUT2D eigenvalue weighted by Gasteiger charge is -2.09. The van der Waals surface area contributed by atoms with Crippen LogP contribution in [-0.2, 0) is 4.79 Å². The van der Waals surface area contributed by atoms with Crippen LogP contribution in [0.15, 0.2) is 54.7 Å². The molecule has 0 radical (unpaired) electrons. The molecule has 0 aliphatic heterocycles. The van der Waals surface area contributed by atoms with E-state index in [-0.39, 0.29) is 17.7 Å². The van der Waals surface area contributed by atoms with Crippen molar-refractivity contribution < 1.29 is 9.59 Å². The van der Waals surface area contributed by atoms with Crippen molar-refractivity contribution in [1.82, 2.24) is 4.98 Å². The van der Waals surface area contributed by atoms with Gasteiger partial charge in [0.2, 0.25) is 5.91 Å². The zero-order valence-electron chi connectivity index (χ0n) is 13.9. The van der Waals surface area contributed by atoms with E-state index < -0.39 is 0 Å². The number of carbonyl (C=O) groups is 2. The minimum absolute atomic E-state index is 0.0298. The topological polar surface area (TPSA) is 74.0 Å². The number of aromatic amines is 1. The van der Waals surface area contributed by atoms with Crippen LogP contribution in [0.4, 0.5) is 11.4 Å². The number of hydrogen-bond acceptors (Lipinski definition) is 2. The summed E-state index contributed by atoms with van der Waals surface area (Å²) in [5.74, 6) is 0.378. The van der Waals surface area contributed by atoms with E-state index in [1.165, 1.54) is 0 Å². The van der Waals surface area contributed by atoms with E-state index in [9.17, 15) is 9.59 Å². The highest BCUT2D eigenvalue weighted by molar-refractivity contribution is 6.09. The summed E-state index contributed by atoms with van der Waals surface area (Å²) >= 11 is 0. The van der Waals surface area contributed by atoms with E-state index in [0.717, 1.165) is 23.0 Å². The summed E-state index contributed by atoms with van der Waals surface area (Å²) in [5, 5.41) is 6.79. The summed E-state index contributed by atoms with van der Waals surface area (Å²) < 4.78 is 0. The largest absolute Gasteiger partial charge is 0.361 e. The molecule has 2 atom stereocenters. The molecule has 1 aromatic heterocycles. The molecule has 3 N–H and O–H groups in total. The molecule has 1 aliphatic carbocycles. The smallest absolute Gasteiger partial charge is 0.255 e. The SMILES string of the molecule is C[C@H]1C[C@@H]1C(=O)Nc1cccc(C(=O)Nc2cccc3[nH]ccc23)c1. The van der Waals surface area contributed by atoms with Gasteiger partial charge in [0.05, 0.1) is 5.69 Å². The van der Waals surface area contributed by atoms with Gasteiger partial charge in [0.25, 0.3) is 5.91 Å². The Balaban J connectivity index is 1.51. The zero-order valence-corrected chi connectivity index (χ0v) is 13.9. The first kappa shape index (κ1) is 15.4. The fourth-order valence-corrected chi connectivity index (χ4v) is 3.05. The number of hydrogen-bond donors (Lipinski definition) is 3. The predicted octanol–water partition coefficient (Wildman–Crippen LogP) is 4.01. The van der Waals surface area contributed by atoms with Crippen molar-refractivity contribution in [3.8, 4) is 0 Å². The van der Waals surface area contributed by atoms with Gasteiger partial charge in [-0.2, -0.15) is 0 Å². The summed E-state index contributed by atoms with van der Waals surface area (Å²) in [4.78, 5) is 27.8. The molecule has 0 spiro atoms. The second kappa shape index (κ2) is 6.09. The maximum absolute atomic E-state index is 12.6. The van der Waals surface area contributed by atoms with E-state index in [1.807, 2.05) is 30.5 Å². The van der Waals surface area contributed by atoms with E-state index >= 15 is 0 Å². The number of benzene rings is 2. The highest BCUT2D eigenvalue weighted by Gasteiger charge is 2.39. The number of carbonyl (C=O) groups excluding carboxylic acids is 2. The molecule has 2 aromatic carbocycles. The second-order valence-corrected chi connectivity index (χ2v) is 6.59. The van der Waals surface area contributed by atoms with Crippen LogP contribution < -0.4 is 10.6 Å². The highest BCUT2D eigenvalue weighted by atomic mass is 16.2. The number of fused-ring (bicyclic) bond motifs is 1. The van der Waals surface area contributed by atoms with E-state index in [0.29, 0.717) is 17.2 Å². The van der Waals surface area contributed by atoms with Gasteiger partial charge in [0, 0.05) is 34.3 Å². The molecule has 5 nitrogen and oxygen atoms in total. The number of aromatic nitrogens is 1. The van der Waals surface area contributed by atoms with Gasteiger partial charge in [-0.15, -0.1) is 0 Å². The van der Waals surface area contributed by atoms with Crippen LogP contribution >= 0.6 is 0 Å². The quantitative estimate of drug-likeness (QED) is 0.675. The van der Waals surface area contributed by atoms with Crippen molar-refractivity contribution in [2.24, 2.45) is 11.8 Å². The summed E-state index contributed by atoms with van der Waals surface area (Å²) in [5.41, 5.74) is 2.88. The third-order valence-corrected chi connectivity index (χ3v) is 4.68. The van der Waals surface area contributed by atoms with E-state index in [4.69, 9.17) is 0 Å². The lowest BCUT2D eigenvalue weighted by molar-refractivity contribution is -0.117. The molecule has 2 amide bonds. The first-order valence-electron chi connectivity index (χ1n) is 8.40. The Morgan fingerprint density at radius 2 is 1.88 bits per heavy atom. The first-order valence-corrected chi connectivity index (χ1v) is 8.40. The van der Waals surface area contributed by atoms with Gasteiger partial charge in [-0.1, -0.05) is 19.1 Å². The third-order valence-electron chi connectivity index (χ3n) is 4.68. The molecule has 0 unspecified atom stereocenters. The molecular weight excluding hydrogens is 314 g/mol. The molecule has 5 heteroatoms. The van der Waals surface area contributed by atoms with Crippen LogP contribution in [0, 0.1) is 11.8 Å². The molecule has 1 aliphatic rings. The van der Waals surface area contributed by atoms with Gasteiger partial charge in [0.1, 0.15) is 0 Å². The van der Waals surface area contributed by atoms with Crippen LogP contribution in [0.1, 0.15) is 23.7 Å². The Labute approximate surface area is 145 Å². The fourth-order valence-electron chi connectivity index (χ4n) is 3.05. The molecule has 1 fully saturated rings. The Morgan fingerprint density at radius 1 is 1.08 bits per heavy atom. The van der Waals surface area contributed by atoms with Crippen molar-refractivity contribution in [2.45, 2.75) is 13.3 Å². The maximum Gasteiger partial charge on any atom is 0.255 e. The lowest BCUT2D eigenvalue weighted by atomic mass is 10.1. The minimum atomic E-state index is -0.204. The Kier molecular flexibility index (Phi) is 3.76. The minimum Gasteiger partial charge on any atom is -0.361 e. The molecule has 0 saturated heterocycles. The van der Waals surface area contributed by atoms with Crippen molar-refractivity contribution in [3.05, 3.63) is 60.3 Å². The van der Waals surface area contributed by atoms with Crippen LogP contribution in [0.5, 0.6) is 0 Å². The van der Waals surface area contributed by atoms with Crippen molar-refractivity contribution in [3.63, 3.8) is 0 Å². The molecule has 3 aromatic rings. The number of H-pyrrole nitrogens is 1. The number of rotatable bonds is 4. The van der Waals surface area contributed by atoms with Crippen LogP contribution in [0.25, 0.3) is 10.9 Å². The monoisotopic (exact) mass is 333 g/mol. The third kappa shape index (κ3) is 3.13. The molecule has 25 heavy (non-hydrogen) atoms. The molecular formula is C20H19N3O2. The number of anilines is 2. The van der Waals surface area contributed by atoms with E-state index in [2.05, 4.69) is 22.5 Å². The highest BCUT2D eigenvalue weighted by Crippen LogP contribution is 2.38. The number of amides is 2. The van der Waals surface area contributed by atoms with Gasteiger partial charge < -0.3 is 15.6 Å². The zero-order chi connectivity index (χ0) is 17.4. The Hall–Kier alpha value is -3.08. The molecule has 1 heterocycles. The van der Waals surface area contributed by atoms with Crippen molar-refractivity contribution >= 4 is 34.1 Å². The average Bonchev–Trinajstić information content (AvgIpc) is 3.15. The summed E-state index contributed by atoms with van der Waals surface area (Å²) in [6, 6.07) is 14.7. The average molecular weight is 333 g/mol. The van der Waals surface area contributed by atoms with Gasteiger partial charge in [-0.25, -0.2) is 0 Å². The van der Waals surface area contributed by atoms with Gasteiger partial charge in [0.15, 0.2) is 0 Å². The molecule has 126 valence electrons. The van der Waals surface area contributed by atoms with E-state index in [1.54, 1.807) is 24.3 Å². The summed E-state index contributed by atoms with van der Waals surface area (Å²) in [7, 11) is 0. The first-order chi connectivity index (χ1) is 12.1. The van der Waals surface area contributed by atoms with Crippen LogP contribution in [0.3, 0.4) is 0 Å². The predicted molar refractivity (Wildman–Crippen MR) is 98.6 cm³/mol. The van der Waals surface area contributed by atoms with Gasteiger partial charge in [-0.3, -0.25) is 9.59 Å². The number of nitrogens with one attached hydrogen (secondary N) is 3. The molecule has 0 bridgehead atoms. The van der Waals surface area contributed by atoms with Gasteiger partial charge >= 0.3 is 0 Å². The normalized spacial score (nSPS) is 18.8. The van der Waals surface area contributed by atoms with Gasteiger partial charge in [-0.05, 0) is 48.7 Å². The maximum atomic E-state index is 12.6. The molecule has 1 saturated carbocycles.